The summed E-state index contributed by atoms with van der Waals surface area (Å²) in [5.74, 6) is 0.622. The Labute approximate surface area is 109 Å². The molecule has 2 rings (SSSR count). The number of hydrogen-bond acceptors (Lipinski definition) is 5. The van der Waals surface area contributed by atoms with Crippen molar-refractivity contribution < 1.29 is 4.79 Å². The van der Waals surface area contributed by atoms with E-state index in [1.165, 1.54) is 11.5 Å². The molecule has 0 aliphatic heterocycles. The van der Waals surface area contributed by atoms with Gasteiger partial charge in [-0.25, -0.2) is 4.98 Å². The van der Waals surface area contributed by atoms with Crippen LogP contribution in [0.5, 0.6) is 0 Å². The van der Waals surface area contributed by atoms with E-state index in [9.17, 15) is 4.79 Å². The van der Waals surface area contributed by atoms with Gasteiger partial charge in [-0.2, -0.15) is 4.37 Å². The Bertz CT molecular complexity index is 535. The topological polar surface area (TPSA) is 80.9 Å². The Kier molecular flexibility index (Phi) is 3.88. The Hall–Kier alpha value is -1.95. The smallest absolute Gasteiger partial charge is 0.226 e. The Morgan fingerprint density at radius 1 is 1.39 bits per heavy atom. The van der Waals surface area contributed by atoms with Crippen LogP contribution in [0.4, 0.5) is 10.8 Å². The molecule has 0 radical (unpaired) electrons. The van der Waals surface area contributed by atoms with E-state index >= 15 is 0 Å². The molecule has 0 saturated heterocycles. The third-order valence-electron chi connectivity index (χ3n) is 2.39. The average molecular weight is 262 g/mol. The summed E-state index contributed by atoms with van der Waals surface area (Å²) in [6.07, 6.45) is 1.10. The minimum atomic E-state index is -0.0528. The highest BCUT2D eigenvalue weighted by molar-refractivity contribution is 7.09. The summed E-state index contributed by atoms with van der Waals surface area (Å²) in [4.78, 5) is 15.7. The van der Waals surface area contributed by atoms with Crippen molar-refractivity contribution in [2.75, 3.05) is 11.1 Å². The molecule has 0 saturated carbocycles. The zero-order valence-corrected chi connectivity index (χ0v) is 10.8. The van der Waals surface area contributed by atoms with Gasteiger partial charge < -0.3 is 11.1 Å². The molecule has 0 atom stereocenters. The highest BCUT2D eigenvalue weighted by atomic mass is 32.1. The van der Waals surface area contributed by atoms with Crippen LogP contribution in [0.25, 0.3) is 0 Å². The second-order valence-electron chi connectivity index (χ2n) is 3.94. The summed E-state index contributed by atoms with van der Waals surface area (Å²) in [5, 5.41) is 3.28. The van der Waals surface area contributed by atoms with Crippen molar-refractivity contribution in [2.45, 2.75) is 19.8 Å². The summed E-state index contributed by atoms with van der Waals surface area (Å²) in [5.41, 5.74) is 7.41. The number of nitrogen functional groups attached to an aromatic ring is 1. The Morgan fingerprint density at radius 2 is 2.11 bits per heavy atom. The van der Waals surface area contributed by atoms with E-state index in [1.54, 1.807) is 6.92 Å². The minimum Gasteiger partial charge on any atom is -0.399 e. The molecule has 6 heteroatoms. The van der Waals surface area contributed by atoms with Crippen molar-refractivity contribution in [3.05, 3.63) is 35.7 Å². The quantitative estimate of drug-likeness (QED) is 0.826. The zero-order valence-electron chi connectivity index (χ0n) is 10.0. The van der Waals surface area contributed by atoms with Crippen LogP contribution in [0.1, 0.15) is 17.8 Å². The lowest BCUT2D eigenvalue weighted by molar-refractivity contribution is -0.116. The van der Waals surface area contributed by atoms with E-state index in [-0.39, 0.29) is 5.91 Å². The lowest BCUT2D eigenvalue weighted by Crippen LogP contribution is -2.12. The molecule has 1 aromatic carbocycles. The molecule has 5 nitrogen and oxygen atoms in total. The normalized spacial score (nSPS) is 10.3. The molecule has 0 aliphatic rings. The van der Waals surface area contributed by atoms with Gasteiger partial charge in [0.2, 0.25) is 11.0 Å². The van der Waals surface area contributed by atoms with Crippen LogP contribution in [0, 0.1) is 6.92 Å². The maximum atomic E-state index is 11.7. The van der Waals surface area contributed by atoms with Crippen molar-refractivity contribution in [1.82, 2.24) is 9.36 Å². The molecule has 0 fully saturated rings. The summed E-state index contributed by atoms with van der Waals surface area (Å²) in [6, 6.07) is 7.53. The van der Waals surface area contributed by atoms with Gasteiger partial charge in [0.1, 0.15) is 5.82 Å². The molecule has 0 aliphatic carbocycles. The Balaban J connectivity index is 1.83. The van der Waals surface area contributed by atoms with Gasteiger partial charge in [0.15, 0.2) is 0 Å². The fourth-order valence-electron chi connectivity index (χ4n) is 1.47. The second kappa shape index (κ2) is 5.59. The molecular weight excluding hydrogens is 248 g/mol. The fourth-order valence-corrected chi connectivity index (χ4v) is 2.06. The molecule has 94 valence electrons. The van der Waals surface area contributed by atoms with E-state index in [4.69, 9.17) is 5.73 Å². The molecular formula is C12H14N4OS. The van der Waals surface area contributed by atoms with E-state index in [0.29, 0.717) is 23.8 Å². The summed E-state index contributed by atoms with van der Waals surface area (Å²) >= 11 is 1.19. The maximum absolute atomic E-state index is 11.7. The highest BCUT2D eigenvalue weighted by Crippen LogP contribution is 2.12. The van der Waals surface area contributed by atoms with Crippen LogP contribution >= 0.6 is 11.5 Å². The molecule has 1 aromatic heterocycles. The van der Waals surface area contributed by atoms with E-state index in [1.807, 2.05) is 24.3 Å². The largest absolute Gasteiger partial charge is 0.399 e. The first-order valence-corrected chi connectivity index (χ1v) is 6.35. The Morgan fingerprint density at radius 3 is 2.72 bits per heavy atom. The van der Waals surface area contributed by atoms with E-state index in [0.717, 1.165) is 11.3 Å². The minimum absolute atomic E-state index is 0.0528. The van der Waals surface area contributed by atoms with Crippen molar-refractivity contribution in [3.8, 4) is 0 Å². The first kappa shape index (κ1) is 12.5. The lowest BCUT2D eigenvalue weighted by Gasteiger charge is -2.02. The van der Waals surface area contributed by atoms with Crippen LogP contribution < -0.4 is 11.1 Å². The van der Waals surface area contributed by atoms with Gasteiger partial charge in [-0.1, -0.05) is 12.1 Å². The number of hydrogen-bond donors (Lipinski definition) is 2. The predicted octanol–water partition coefficient (Wildman–Crippen LogP) is 2.00. The number of nitrogens with two attached hydrogens (primary N) is 1. The molecule has 1 amide bonds. The van der Waals surface area contributed by atoms with Crippen LogP contribution in [-0.4, -0.2) is 15.3 Å². The number of nitrogens with zero attached hydrogens (tertiary/aromatic N) is 2. The van der Waals surface area contributed by atoms with Crippen molar-refractivity contribution >= 4 is 28.3 Å². The van der Waals surface area contributed by atoms with Gasteiger partial charge in [-0.15, -0.1) is 0 Å². The third kappa shape index (κ3) is 3.53. The van der Waals surface area contributed by atoms with Crippen molar-refractivity contribution in [2.24, 2.45) is 0 Å². The number of carbonyl (C=O) groups excluding carboxylic acids is 1. The van der Waals surface area contributed by atoms with Gasteiger partial charge in [0.05, 0.1) is 0 Å². The number of anilines is 2. The monoisotopic (exact) mass is 262 g/mol. The SMILES string of the molecule is Cc1nsc(NC(=O)CCc2ccc(N)cc2)n1. The number of aromatic nitrogens is 2. The predicted molar refractivity (Wildman–Crippen MR) is 72.5 cm³/mol. The van der Waals surface area contributed by atoms with Crippen LogP contribution in [0.3, 0.4) is 0 Å². The third-order valence-corrected chi connectivity index (χ3v) is 3.12. The van der Waals surface area contributed by atoms with Crippen LogP contribution in [-0.2, 0) is 11.2 Å². The van der Waals surface area contributed by atoms with Gasteiger partial charge in [0, 0.05) is 23.6 Å². The van der Waals surface area contributed by atoms with Crippen molar-refractivity contribution in [1.29, 1.82) is 0 Å². The average Bonchev–Trinajstić information content (AvgIpc) is 2.74. The first-order valence-electron chi connectivity index (χ1n) is 5.58. The summed E-state index contributed by atoms with van der Waals surface area (Å²) in [7, 11) is 0. The molecule has 2 aromatic rings. The van der Waals surface area contributed by atoms with Gasteiger partial charge >= 0.3 is 0 Å². The van der Waals surface area contributed by atoms with Gasteiger partial charge in [0.25, 0.3) is 0 Å². The molecule has 0 unspecified atom stereocenters. The van der Waals surface area contributed by atoms with Gasteiger partial charge in [-0.05, 0) is 31.0 Å². The van der Waals surface area contributed by atoms with Crippen LogP contribution in [0.2, 0.25) is 0 Å². The maximum Gasteiger partial charge on any atom is 0.226 e. The second-order valence-corrected chi connectivity index (χ2v) is 4.69. The highest BCUT2D eigenvalue weighted by Gasteiger charge is 2.06. The number of carbonyl (C=O) groups is 1. The van der Waals surface area contributed by atoms with Gasteiger partial charge in [-0.3, -0.25) is 4.79 Å². The summed E-state index contributed by atoms with van der Waals surface area (Å²) in [6.45, 7) is 1.79. The zero-order chi connectivity index (χ0) is 13.0. The lowest BCUT2D eigenvalue weighted by atomic mass is 10.1. The van der Waals surface area contributed by atoms with Crippen LogP contribution in [0.15, 0.2) is 24.3 Å². The van der Waals surface area contributed by atoms with E-state index in [2.05, 4.69) is 14.7 Å². The van der Waals surface area contributed by atoms with Crippen molar-refractivity contribution in [3.63, 3.8) is 0 Å². The summed E-state index contributed by atoms with van der Waals surface area (Å²) < 4.78 is 4.00. The number of rotatable bonds is 4. The number of aryl methyl sites for hydroxylation is 2. The molecule has 1 heterocycles. The molecule has 18 heavy (non-hydrogen) atoms. The van der Waals surface area contributed by atoms with E-state index < -0.39 is 0 Å². The fraction of sp³-hybridized carbons (Fsp3) is 0.250. The number of benzene rings is 1. The standard InChI is InChI=1S/C12H14N4OS/c1-8-14-12(18-16-8)15-11(17)7-4-9-2-5-10(13)6-3-9/h2-3,5-6H,4,7,13H2,1H3,(H,14,15,16,17). The molecule has 3 N–H and O–H groups in total. The molecule has 0 bridgehead atoms. The number of amides is 1. The molecule has 0 spiro atoms. The number of nitrogens with one attached hydrogen (secondary N) is 1. The first-order chi connectivity index (χ1) is 8.63.